The highest BCUT2D eigenvalue weighted by atomic mass is 79.9. The first-order valence-electron chi connectivity index (χ1n) is 4.30. The highest BCUT2D eigenvalue weighted by molar-refractivity contribution is 9.11. The van der Waals surface area contributed by atoms with E-state index in [1.54, 1.807) is 11.3 Å². The topological polar surface area (TPSA) is 66.4 Å². The van der Waals surface area contributed by atoms with Gasteiger partial charge in [-0.25, -0.2) is 0 Å². The average molecular weight is 292 g/mol. The molecule has 15 heavy (non-hydrogen) atoms. The zero-order valence-corrected chi connectivity index (χ0v) is 10.2. The number of carbonyl (C=O) groups excluding carboxylic acids is 1. The molecule has 0 atom stereocenters. The van der Waals surface area contributed by atoms with E-state index in [4.69, 9.17) is 5.11 Å². The van der Waals surface area contributed by atoms with Crippen molar-refractivity contribution in [2.75, 3.05) is 6.54 Å². The minimum absolute atomic E-state index is 0.446. The first-order valence-corrected chi connectivity index (χ1v) is 5.91. The van der Waals surface area contributed by atoms with Crippen LogP contribution in [0.4, 0.5) is 0 Å². The number of carbonyl (C=O) groups is 2. The van der Waals surface area contributed by atoms with Gasteiger partial charge in [-0.1, -0.05) is 0 Å². The summed E-state index contributed by atoms with van der Waals surface area (Å²) in [6.07, 6.45) is 0.260. The van der Waals surface area contributed by atoms with Crippen LogP contribution in [-0.4, -0.2) is 23.5 Å². The Morgan fingerprint density at radius 3 is 2.73 bits per heavy atom. The average Bonchev–Trinajstić information content (AvgIpc) is 2.50. The van der Waals surface area contributed by atoms with E-state index in [0.717, 1.165) is 15.1 Å². The summed E-state index contributed by atoms with van der Waals surface area (Å²) in [4.78, 5) is 22.3. The zero-order valence-electron chi connectivity index (χ0n) is 7.83. The summed E-state index contributed by atoms with van der Waals surface area (Å²) in [5, 5.41) is 10.9. The van der Waals surface area contributed by atoms with Crippen LogP contribution in [-0.2, 0) is 16.0 Å². The largest absolute Gasteiger partial charge is 0.481 e. The maximum Gasteiger partial charge on any atom is 0.312 e. The molecule has 1 aromatic rings. The molecular formula is C9H10BrNO3S. The number of rotatable bonds is 5. The van der Waals surface area contributed by atoms with Crippen LogP contribution in [0.25, 0.3) is 0 Å². The van der Waals surface area contributed by atoms with Gasteiger partial charge in [0.15, 0.2) is 0 Å². The van der Waals surface area contributed by atoms with Crippen LogP contribution in [0.1, 0.15) is 11.3 Å². The van der Waals surface area contributed by atoms with E-state index in [2.05, 4.69) is 21.2 Å². The Labute approximate surface area is 99.4 Å². The van der Waals surface area contributed by atoms with Crippen molar-refractivity contribution in [2.24, 2.45) is 0 Å². The van der Waals surface area contributed by atoms with Gasteiger partial charge in [-0.15, -0.1) is 11.3 Å². The normalized spacial score (nSPS) is 9.93. The van der Waals surface area contributed by atoms with Gasteiger partial charge in [0, 0.05) is 11.4 Å². The van der Waals surface area contributed by atoms with Crippen LogP contribution in [0.15, 0.2) is 15.9 Å². The number of halogens is 1. The Morgan fingerprint density at radius 2 is 2.20 bits per heavy atom. The molecule has 1 amide bonds. The van der Waals surface area contributed by atoms with Gasteiger partial charge >= 0.3 is 5.97 Å². The minimum Gasteiger partial charge on any atom is -0.481 e. The second kappa shape index (κ2) is 5.87. The van der Waals surface area contributed by atoms with Crippen molar-refractivity contribution in [1.82, 2.24) is 5.32 Å². The molecule has 0 unspecified atom stereocenters. The monoisotopic (exact) mass is 291 g/mol. The van der Waals surface area contributed by atoms with E-state index in [-0.39, 0.29) is 0 Å². The highest BCUT2D eigenvalue weighted by Gasteiger charge is 2.06. The predicted molar refractivity (Wildman–Crippen MR) is 61.0 cm³/mol. The van der Waals surface area contributed by atoms with E-state index in [9.17, 15) is 9.59 Å². The summed E-state index contributed by atoms with van der Waals surface area (Å²) in [7, 11) is 0. The summed E-state index contributed by atoms with van der Waals surface area (Å²) in [6.45, 7) is 0.471. The van der Waals surface area contributed by atoms with Gasteiger partial charge in [0.1, 0.15) is 6.42 Å². The molecule has 0 aliphatic rings. The lowest BCUT2D eigenvalue weighted by Gasteiger charge is -2.01. The van der Waals surface area contributed by atoms with Crippen LogP contribution in [0.2, 0.25) is 0 Å². The van der Waals surface area contributed by atoms with Crippen molar-refractivity contribution in [1.29, 1.82) is 0 Å². The maximum absolute atomic E-state index is 11.0. The molecule has 0 spiro atoms. The molecule has 1 rings (SSSR count). The quantitative estimate of drug-likeness (QED) is 0.811. The van der Waals surface area contributed by atoms with E-state index in [0.29, 0.717) is 6.54 Å². The lowest BCUT2D eigenvalue weighted by atomic mass is 10.3. The van der Waals surface area contributed by atoms with Gasteiger partial charge in [0.2, 0.25) is 5.91 Å². The SMILES string of the molecule is O=C(O)CC(=O)NCCc1ccc(Br)s1. The summed E-state index contributed by atoms with van der Waals surface area (Å²) >= 11 is 4.94. The van der Waals surface area contributed by atoms with E-state index < -0.39 is 18.3 Å². The van der Waals surface area contributed by atoms with Crippen molar-refractivity contribution in [3.05, 3.63) is 20.8 Å². The maximum atomic E-state index is 11.0. The smallest absolute Gasteiger partial charge is 0.312 e. The van der Waals surface area contributed by atoms with Crippen LogP contribution < -0.4 is 5.32 Å². The number of carboxylic acids is 1. The molecule has 0 aromatic carbocycles. The molecule has 0 radical (unpaired) electrons. The highest BCUT2D eigenvalue weighted by Crippen LogP contribution is 2.21. The summed E-state index contributed by atoms with van der Waals surface area (Å²) < 4.78 is 1.05. The molecule has 0 saturated carbocycles. The first kappa shape index (κ1) is 12.2. The third-order valence-electron chi connectivity index (χ3n) is 1.63. The number of aliphatic carboxylic acids is 1. The Balaban J connectivity index is 2.22. The standard InChI is InChI=1S/C9H10BrNO3S/c10-7-2-1-6(15-7)3-4-11-8(12)5-9(13)14/h1-2H,3-5H2,(H,11,12)(H,13,14). The molecule has 2 N–H and O–H groups in total. The lowest BCUT2D eigenvalue weighted by molar-refractivity contribution is -0.140. The fraction of sp³-hybridized carbons (Fsp3) is 0.333. The summed E-state index contributed by atoms with van der Waals surface area (Å²) in [5.41, 5.74) is 0. The van der Waals surface area contributed by atoms with Gasteiger partial charge < -0.3 is 10.4 Å². The molecular weight excluding hydrogens is 282 g/mol. The molecule has 0 bridgehead atoms. The molecule has 1 aromatic heterocycles. The molecule has 0 saturated heterocycles. The van der Waals surface area contributed by atoms with E-state index >= 15 is 0 Å². The van der Waals surface area contributed by atoms with Crippen molar-refractivity contribution >= 4 is 39.1 Å². The number of hydrogen-bond donors (Lipinski definition) is 2. The van der Waals surface area contributed by atoms with Crippen LogP contribution in [0.3, 0.4) is 0 Å². The number of hydrogen-bond acceptors (Lipinski definition) is 3. The molecule has 0 fully saturated rings. The van der Waals surface area contributed by atoms with Crippen molar-refractivity contribution in [2.45, 2.75) is 12.8 Å². The Bertz CT molecular complexity index is 364. The zero-order chi connectivity index (χ0) is 11.3. The Kier molecular flexibility index (Phi) is 4.77. The summed E-state index contributed by atoms with van der Waals surface area (Å²) in [5.74, 6) is -1.55. The van der Waals surface area contributed by atoms with Crippen molar-refractivity contribution in [3.63, 3.8) is 0 Å². The molecule has 4 nitrogen and oxygen atoms in total. The predicted octanol–water partition coefficient (Wildman–Crippen LogP) is 1.64. The molecule has 1 heterocycles. The summed E-state index contributed by atoms with van der Waals surface area (Å²) in [6, 6.07) is 3.91. The molecule has 82 valence electrons. The number of nitrogens with one attached hydrogen (secondary N) is 1. The molecule has 6 heteroatoms. The second-order valence-corrected chi connectivity index (χ2v) is 5.42. The number of carboxylic acid groups (broad SMARTS) is 1. The third kappa shape index (κ3) is 4.94. The second-order valence-electron chi connectivity index (χ2n) is 2.88. The lowest BCUT2D eigenvalue weighted by Crippen LogP contribution is -2.27. The van der Waals surface area contributed by atoms with Crippen LogP contribution >= 0.6 is 27.3 Å². The third-order valence-corrected chi connectivity index (χ3v) is 3.32. The molecule has 0 aliphatic carbocycles. The first-order chi connectivity index (χ1) is 7.08. The van der Waals surface area contributed by atoms with Crippen molar-refractivity contribution < 1.29 is 14.7 Å². The number of amides is 1. The van der Waals surface area contributed by atoms with Crippen LogP contribution in [0.5, 0.6) is 0 Å². The van der Waals surface area contributed by atoms with Gasteiger partial charge in [0.25, 0.3) is 0 Å². The van der Waals surface area contributed by atoms with E-state index in [1.807, 2.05) is 12.1 Å². The van der Waals surface area contributed by atoms with Gasteiger partial charge in [-0.2, -0.15) is 0 Å². The van der Waals surface area contributed by atoms with E-state index in [1.165, 1.54) is 0 Å². The fourth-order valence-corrected chi connectivity index (χ4v) is 2.49. The molecule has 0 aliphatic heterocycles. The van der Waals surface area contributed by atoms with Crippen molar-refractivity contribution in [3.8, 4) is 0 Å². The number of thiophene rings is 1. The fourth-order valence-electron chi connectivity index (χ4n) is 1.01. The minimum atomic E-state index is -1.11. The Hall–Kier alpha value is -0.880. The van der Waals surface area contributed by atoms with Crippen LogP contribution in [0, 0.1) is 0 Å². The van der Waals surface area contributed by atoms with Gasteiger partial charge in [-0.05, 0) is 34.5 Å². The van der Waals surface area contributed by atoms with Gasteiger partial charge in [-0.3, -0.25) is 9.59 Å². The Morgan fingerprint density at radius 1 is 1.47 bits per heavy atom. The van der Waals surface area contributed by atoms with Gasteiger partial charge in [0.05, 0.1) is 3.79 Å².